The summed E-state index contributed by atoms with van der Waals surface area (Å²) in [5, 5.41) is 0. The largest absolute Gasteiger partial charge is 0.378 e. The first-order valence-corrected chi connectivity index (χ1v) is 5.86. The number of rotatable bonds is 3. The van der Waals surface area contributed by atoms with Crippen LogP contribution in [0.5, 0.6) is 0 Å². The van der Waals surface area contributed by atoms with Crippen molar-refractivity contribution in [2.24, 2.45) is 5.73 Å². The Morgan fingerprint density at radius 2 is 2.06 bits per heavy atom. The van der Waals surface area contributed by atoms with Crippen molar-refractivity contribution in [3.8, 4) is 0 Å². The second-order valence-corrected chi connectivity index (χ2v) is 4.34. The second kappa shape index (κ2) is 5.41. The Hall–Kier alpha value is -0.930. The van der Waals surface area contributed by atoms with Crippen LogP contribution in [0.3, 0.4) is 0 Å². The average molecular weight is 223 g/mol. The monoisotopic (exact) mass is 223 g/mol. The highest BCUT2D eigenvalue weighted by molar-refractivity contribution is 5.21. The normalized spacial score (nSPS) is 25.6. The van der Waals surface area contributed by atoms with Crippen LogP contribution in [-0.4, -0.2) is 19.3 Å². The summed E-state index contributed by atoms with van der Waals surface area (Å²) in [6.07, 6.45) is 3.21. The topological polar surface area (TPSA) is 35.2 Å². The molecule has 2 N–H and O–H groups in total. The number of ether oxygens (including phenoxy) is 1. The van der Waals surface area contributed by atoms with E-state index in [2.05, 4.69) is 0 Å². The minimum atomic E-state index is -0.172. The van der Waals surface area contributed by atoms with Crippen LogP contribution in [0.4, 0.5) is 4.39 Å². The SMILES string of the molecule is NCCC1CC(c2ccc(F)cc2)CCO1. The summed E-state index contributed by atoms with van der Waals surface area (Å²) in [7, 11) is 0. The number of nitrogens with two attached hydrogens (primary N) is 1. The van der Waals surface area contributed by atoms with Gasteiger partial charge in [-0.25, -0.2) is 4.39 Å². The van der Waals surface area contributed by atoms with Gasteiger partial charge in [0.15, 0.2) is 0 Å². The average Bonchev–Trinajstić information content (AvgIpc) is 2.31. The lowest BCUT2D eigenvalue weighted by atomic mass is 9.88. The fraction of sp³-hybridized carbons (Fsp3) is 0.538. The third kappa shape index (κ3) is 2.80. The van der Waals surface area contributed by atoms with Gasteiger partial charge in [0, 0.05) is 6.61 Å². The van der Waals surface area contributed by atoms with Crippen molar-refractivity contribution >= 4 is 0 Å². The highest BCUT2D eigenvalue weighted by atomic mass is 19.1. The van der Waals surface area contributed by atoms with Gasteiger partial charge in [0.1, 0.15) is 5.82 Å². The molecule has 1 aliphatic heterocycles. The van der Waals surface area contributed by atoms with E-state index in [1.165, 1.54) is 17.7 Å². The molecule has 1 aromatic rings. The fourth-order valence-electron chi connectivity index (χ4n) is 2.30. The van der Waals surface area contributed by atoms with Crippen LogP contribution in [0.25, 0.3) is 0 Å². The van der Waals surface area contributed by atoms with E-state index < -0.39 is 0 Å². The molecule has 2 rings (SSSR count). The van der Waals surface area contributed by atoms with Crippen molar-refractivity contribution in [2.75, 3.05) is 13.2 Å². The second-order valence-electron chi connectivity index (χ2n) is 4.34. The summed E-state index contributed by atoms with van der Waals surface area (Å²) in [4.78, 5) is 0. The maximum atomic E-state index is 12.8. The van der Waals surface area contributed by atoms with E-state index in [-0.39, 0.29) is 11.9 Å². The molecule has 1 fully saturated rings. The minimum Gasteiger partial charge on any atom is -0.378 e. The van der Waals surface area contributed by atoms with Crippen molar-refractivity contribution in [2.45, 2.75) is 31.3 Å². The molecular weight excluding hydrogens is 205 g/mol. The Labute approximate surface area is 95.6 Å². The Morgan fingerprint density at radius 3 is 2.75 bits per heavy atom. The zero-order valence-electron chi connectivity index (χ0n) is 9.36. The molecule has 1 aromatic carbocycles. The Balaban J connectivity index is 2.01. The Bertz CT molecular complexity index is 323. The van der Waals surface area contributed by atoms with Gasteiger partial charge in [0.2, 0.25) is 0 Å². The third-order valence-corrected chi connectivity index (χ3v) is 3.20. The van der Waals surface area contributed by atoms with Crippen molar-refractivity contribution in [3.63, 3.8) is 0 Å². The van der Waals surface area contributed by atoms with E-state index in [9.17, 15) is 4.39 Å². The van der Waals surface area contributed by atoms with E-state index in [4.69, 9.17) is 10.5 Å². The van der Waals surface area contributed by atoms with Gasteiger partial charge < -0.3 is 10.5 Å². The molecule has 1 aliphatic rings. The van der Waals surface area contributed by atoms with Gasteiger partial charge in [0.05, 0.1) is 6.10 Å². The Kier molecular flexibility index (Phi) is 3.91. The Morgan fingerprint density at radius 1 is 1.31 bits per heavy atom. The molecular formula is C13H18FNO. The molecule has 0 aromatic heterocycles. The number of benzene rings is 1. The van der Waals surface area contributed by atoms with Crippen LogP contribution < -0.4 is 5.73 Å². The van der Waals surface area contributed by atoms with Gasteiger partial charge in [-0.05, 0) is 49.4 Å². The lowest BCUT2D eigenvalue weighted by molar-refractivity contribution is 0.00347. The number of hydrogen-bond donors (Lipinski definition) is 1. The highest BCUT2D eigenvalue weighted by Crippen LogP contribution is 2.30. The van der Waals surface area contributed by atoms with Gasteiger partial charge in [0.25, 0.3) is 0 Å². The first-order chi connectivity index (χ1) is 7.79. The standard InChI is InChI=1S/C13H18FNO/c14-12-3-1-10(2-4-12)11-6-8-16-13(9-11)5-7-15/h1-4,11,13H,5-9,15H2. The lowest BCUT2D eigenvalue weighted by Crippen LogP contribution is -2.26. The summed E-state index contributed by atoms with van der Waals surface area (Å²) >= 11 is 0. The molecule has 0 bridgehead atoms. The van der Waals surface area contributed by atoms with Gasteiger partial charge in [-0.2, -0.15) is 0 Å². The quantitative estimate of drug-likeness (QED) is 0.854. The van der Waals surface area contributed by atoms with Crippen LogP contribution in [0.1, 0.15) is 30.7 Å². The molecule has 0 spiro atoms. The number of halogens is 1. The lowest BCUT2D eigenvalue weighted by Gasteiger charge is -2.29. The summed E-state index contributed by atoms with van der Waals surface area (Å²) in [6.45, 7) is 1.45. The minimum absolute atomic E-state index is 0.172. The van der Waals surface area contributed by atoms with E-state index >= 15 is 0 Å². The van der Waals surface area contributed by atoms with Crippen LogP contribution in [0, 0.1) is 5.82 Å². The predicted molar refractivity (Wildman–Crippen MR) is 61.8 cm³/mol. The van der Waals surface area contributed by atoms with E-state index in [0.29, 0.717) is 12.5 Å². The zero-order valence-corrected chi connectivity index (χ0v) is 9.36. The van der Waals surface area contributed by atoms with Crippen molar-refractivity contribution in [1.29, 1.82) is 0 Å². The molecule has 1 heterocycles. The first kappa shape index (κ1) is 11.6. The summed E-state index contributed by atoms with van der Waals surface area (Å²) in [6, 6.07) is 6.82. The molecule has 0 aliphatic carbocycles. The van der Waals surface area contributed by atoms with Gasteiger partial charge in [-0.15, -0.1) is 0 Å². The van der Waals surface area contributed by atoms with Crippen LogP contribution in [0.15, 0.2) is 24.3 Å². The molecule has 0 radical (unpaired) electrons. The molecule has 88 valence electrons. The van der Waals surface area contributed by atoms with Crippen LogP contribution in [0.2, 0.25) is 0 Å². The van der Waals surface area contributed by atoms with Crippen molar-refractivity contribution in [3.05, 3.63) is 35.6 Å². The maximum Gasteiger partial charge on any atom is 0.123 e. The van der Waals surface area contributed by atoms with Crippen molar-refractivity contribution in [1.82, 2.24) is 0 Å². The van der Waals surface area contributed by atoms with Gasteiger partial charge >= 0.3 is 0 Å². The molecule has 16 heavy (non-hydrogen) atoms. The fourth-order valence-corrected chi connectivity index (χ4v) is 2.30. The molecule has 2 atom stereocenters. The molecule has 0 amide bonds. The maximum absolute atomic E-state index is 12.8. The van der Waals surface area contributed by atoms with Crippen molar-refractivity contribution < 1.29 is 9.13 Å². The predicted octanol–water partition coefficient (Wildman–Crippen LogP) is 2.44. The molecule has 3 heteroatoms. The van der Waals surface area contributed by atoms with Gasteiger partial charge in [-0.3, -0.25) is 0 Å². The molecule has 0 saturated carbocycles. The summed E-state index contributed by atoms with van der Waals surface area (Å²) in [5.41, 5.74) is 6.75. The number of hydrogen-bond acceptors (Lipinski definition) is 2. The molecule has 2 unspecified atom stereocenters. The van der Waals surface area contributed by atoms with E-state index in [1.807, 2.05) is 12.1 Å². The smallest absolute Gasteiger partial charge is 0.123 e. The molecule has 2 nitrogen and oxygen atoms in total. The summed E-state index contributed by atoms with van der Waals surface area (Å²) in [5.74, 6) is 0.320. The van der Waals surface area contributed by atoms with Crippen LogP contribution in [-0.2, 0) is 4.74 Å². The first-order valence-electron chi connectivity index (χ1n) is 5.86. The van der Waals surface area contributed by atoms with Crippen LogP contribution >= 0.6 is 0 Å². The molecule has 1 saturated heterocycles. The van der Waals surface area contributed by atoms with Gasteiger partial charge in [-0.1, -0.05) is 12.1 Å². The summed E-state index contributed by atoms with van der Waals surface area (Å²) < 4.78 is 18.4. The zero-order chi connectivity index (χ0) is 11.4. The van der Waals surface area contributed by atoms with E-state index in [1.54, 1.807) is 0 Å². The third-order valence-electron chi connectivity index (χ3n) is 3.20. The highest BCUT2D eigenvalue weighted by Gasteiger charge is 2.23. The van der Waals surface area contributed by atoms with E-state index in [0.717, 1.165) is 25.9 Å².